The Morgan fingerprint density at radius 2 is 1.85 bits per heavy atom. The van der Waals surface area contributed by atoms with Crippen molar-refractivity contribution in [1.29, 1.82) is 0 Å². The average Bonchev–Trinajstić information content (AvgIpc) is 3.16. The van der Waals surface area contributed by atoms with Crippen LogP contribution in [0.25, 0.3) is 0 Å². The van der Waals surface area contributed by atoms with E-state index >= 15 is 0 Å². The molecule has 7 heteroatoms. The highest BCUT2D eigenvalue weighted by Gasteiger charge is 2.23. The number of aromatic nitrogens is 2. The van der Waals surface area contributed by atoms with Crippen LogP contribution in [0.1, 0.15) is 22.0 Å². The molecular weight excluding hydrogens is 364 g/mol. The molecule has 0 aliphatic heterocycles. The van der Waals surface area contributed by atoms with Crippen molar-refractivity contribution in [1.82, 2.24) is 14.7 Å². The Balaban J connectivity index is 1.86. The normalized spacial score (nSPS) is 11.7. The summed E-state index contributed by atoms with van der Waals surface area (Å²) in [6.45, 7) is 0. The molecule has 1 unspecified atom stereocenters. The van der Waals surface area contributed by atoms with Crippen molar-refractivity contribution in [3.8, 4) is 0 Å². The number of hydrogen-bond acceptors (Lipinski definition) is 3. The van der Waals surface area contributed by atoms with Crippen molar-refractivity contribution >= 4 is 29.1 Å². The molecule has 1 atom stereocenters. The van der Waals surface area contributed by atoms with Gasteiger partial charge in [0.05, 0.1) is 10.6 Å². The third-order valence-corrected chi connectivity index (χ3v) is 4.34. The molecule has 2 aromatic carbocycles. The summed E-state index contributed by atoms with van der Waals surface area (Å²) in [5, 5.41) is 7.34. The summed E-state index contributed by atoms with van der Waals surface area (Å²) in [7, 11) is 3.31. The lowest BCUT2D eigenvalue weighted by Crippen LogP contribution is -2.27. The Morgan fingerprint density at radius 1 is 1.11 bits per heavy atom. The van der Waals surface area contributed by atoms with Crippen molar-refractivity contribution in [3.05, 3.63) is 83.1 Å². The fourth-order valence-corrected chi connectivity index (χ4v) is 2.97. The quantitative estimate of drug-likeness (QED) is 0.734. The average molecular weight is 383 g/mol. The zero-order chi connectivity index (χ0) is 19.4. The van der Waals surface area contributed by atoms with Crippen LogP contribution in [-0.4, -0.2) is 40.6 Å². The van der Waals surface area contributed by atoms with E-state index in [1.807, 2.05) is 30.3 Å². The molecular formula is C20H19ClN4O2. The van der Waals surface area contributed by atoms with E-state index in [-0.39, 0.29) is 16.8 Å². The van der Waals surface area contributed by atoms with Gasteiger partial charge in [0.15, 0.2) is 6.04 Å². The van der Waals surface area contributed by atoms with Crippen LogP contribution < -0.4 is 5.32 Å². The number of halogens is 1. The molecule has 1 heterocycles. The zero-order valence-electron chi connectivity index (χ0n) is 15.0. The Labute approximate surface area is 162 Å². The minimum Gasteiger partial charge on any atom is -0.345 e. The van der Waals surface area contributed by atoms with E-state index in [0.29, 0.717) is 11.3 Å². The lowest BCUT2D eigenvalue weighted by molar-refractivity contribution is -0.118. The third kappa shape index (κ3) is 4.17. The highest BCUT2D eigenvalue weighted by Crippen LogP contribution is 2.24. The van der Waals surface area contributed by atoms with Gasteiger partial charge < -0.3 is 10.2 Å². The minimum absolute atomic E-state index is 0.198. The van der Waals surface area contributed by atoms with Gasteiger partial charge >= 0.3 is 0 Å². The molecule has 1 aromatic heterocycles. The molecule has 1 N–H and O–H groups in total. The maximum Gasteiger partial charge on any atom is 0.254 e. The van der Waals surface area contributed by atoms with E-state index in [9.17, 15) is 9.59 Å². The monoisotopic (exact) mass is 382 g/mol. The van der Waals surface area contributed by atoms with Gasteiger partial charge in [-0.3, -0.25) is 14.3 Å². The fraction of sp³-hybridized carbons (Fsp3) is 0.150. The molecule has 0 aliphatic carbocycles. The molecule has 6 nitrogen and oxygen atoms in total. The molecule has 27 heavy (non-hydrogen) atoms. The number of rotatable bonds is 5. The molecule has 2 amide bonds. The maximum absolute atomic E-state index is 13.0. The number of carbonyl (C=O) groups is 2. The summed E-state index contributed by atoms with van der Waals surface area (Å²) in [5.41, 5.74) is 1.70. The molecule has 3 rings (SSSR count). The van der Waals surface area contributed by atoms with E-state index in [0.717, 1.165) is 5.56 Å². The van der Waals surface area contributed by atoms with Gasteiger partial charge in [-0.2, -0.15) is 5.10 Å². The first-order valence-electron chi connectivity index (χ1n) is 8.33. The number of amides is 2. The molecule has 0 saturated heterocycles. The SMILES string of the molecule is CN(C)C(=O)c1ccc(NC(=O)C(c2ccccc2)n2cccn2)cc1Cl. The second kappa shape index (κ2) is 8.05. The number of hydrogen-bond donors (Lipinski definition) is 1. The topological polar surface area (TPSA) is 67.2 Å². The summed E-state index contributed by atoms with van der Waals surface area (Å²) < 4.78 is 1.59. The maximum atomic E-state index is 13.0. The van der Waals surface area contributed by atoms with Gasteiger partial charge in [-0.05, 0) is 29.8 Å². The van der Waals surface area contributed by atoms with Crippen molar-refractivity contribution in [3.63, 3.8) is 0 Å². The van der Waals surface area contributed by atoms with Crippen molar-refractivity contribution < 1.29 is 9.59 Å². The summed E-state index contributed by atoms with van der Waals surface area (Å²) in [6.07, 6.45) is 3.37. The molecule has 0 radical (unpaired) electrons. The number of nitrogens with one attached hydrogen (secondary N) is 1. The lowest BCUT2D eigenvalue weighted by Gasteiger charge is -2.18. The number of anilines is 1. The van der Waals surface area contributed by atoms with E-state index in [1.165, 1.54) is 4.90 Å². The van der Waals surface area contributed by atoms with Gasteiger partial charge in [0.2, 0.25) is 0 Å². The molecule has 0 aliphatic rings. The first-order chi connectivity index (χ1) is 13.0. The number of nitrogens with zero attached hydrogens (tertiary/aromatic N) is 3. The van der Waals surface area contributed by atoms with Crippen LogP contribution in [-0.2, 0) is 4.79 Å². The lowest BCUT2D eigenvalue weighted by atomic mass is 10.1. The van der Waals surface area contributed by atoms with Gasteiger partial charge in [-0.1, -0.05) is 41.9 Å². The van der Waals surface area contributed by atoms with Crippen molar-refractivity contribution in [2.24, 2.45) is 0 Å². The Bertz CT molecular complexity index is 940. The standard InChI is InChI=1S/C20H19ClN4O2/c1-24(2)20(27)16-10-9-15(13-17(16)21)23-19(26)18(25-12-6-11-22-25)14-7-4-3-5-8-14/h3-13,18H,1-2H3,(H,23,26). The van der Waals surface area contributed by atoms with Crippen LogP contribution in [0.4, 0.5) is 5.69 Å². The smallest absolute Gasteiger partial charge is 0.254 e. The van der Waals surface area contributed by atoms with Crippen LogP contribution in [0.15, 0.2) is 67.0 Å². The second-order valence-corrected chi connectivity index (χ2v) is 6.59. The summed E-state index contributed by atoms with van der Waals surface area (Å²) in [4.78, 5) is 26.5. The van der Waals surface area contributed by atoms with Gasteiger partial charge in [0.1, 0.15) is 0 Å². The predicted octanol–water partition coefficient (Wildman–Crippen LogP) is 3.47. The van der Waals surface area contributed by atoms with Gasteiger partial charge in [-0.25, -0.2) is 0 Å². The fourth-order valence-electron chi connectivity index (χ4n) is 2.71. The van der Waals surface area contributed by atoms with Crippen molar-refractivity contribution in [2.45, 2.75) is 6.04 Å². The van der Waals surface area contributed by atoms with Crippen LogP contribution >= 0.6 is 11.6 Å². The Morgan fingerprint density at radius 3 is 2.44 bits per heavy atom. The number of benzene rings is 2. The highest BCUT2D eigenvalue weighted by atomic mass is 35.5. The van der Waals surface area contributed by atoms with E-state index in [1.54, 1.807) is 55.4 Å². The van der Waals surface area contributed by atoms with Gasteiger partial charge in [0, 0.05) is 32.2 Å². The van der Waals surface area contributed by atoms with Crippen LogP contribution in [0.5, 0.6) is 0 Å². The van der Waals surface area contributed by atoms with Crippen molar-refractivity contribution in [2.75, 3.05) is 19.4 Å². The zero-order valence-corrected chi connectivity index (χ0v) is 15.7. The summed E-state index contributed by atoms with van der Waals surface area (Å²) >= 11 is 6.23. The largest absolute Gasteiger partial charge is 0.345 e. The summed E-state index contributed by atoms with van der Waals surface area (Å²) in [6, 6.07) is 15.4. The second-order valence-electron chi connectivity index (χ2n) is 6.18. The van der Waals surface area contributed by atoms with E-state index in [2.05, 4.69) is 10.4 Å². The third-order valence-electron chi connectivity index (χ3n) is 4.03. The van der Waals surface area contributed by atoms with E-state index < -0.39 is 6.04 Å². The molecule has 0 fully saturated rings. The minimum atomic E-state index is -0.622. The van der Waals surface area contributed by atoms with Crippen LogP contribution in [0, 0.1) is 0 Å². The van der Waals surface area contributed by atoms with Crippen LogP contribution in [0.2, 0.25) is 5.02 Å². The predicted molar refractivity (Wildman–Crippen MR) is 105 cm³/mol. The number of carbonyl (C=O) groups excluding carboxylic acids is 2. The molecule has 0 spiro atoms. The highest BCUT2D eigenvalue weighted by molar-refractivity contribution is 6.34. The molecule has 138 valence electrons. The van der Waals surface area contributed by atoms with Crippen LogP contribution in [0.3, 0.4) is 0 Å². The molecule has 0 saturated carbocycles. The van der Waals surface area contributed by atoms with Gasteiger partial charge in [-0.15, -0.1) is 0 Å². The van der Waals surface area contributed by atoms with E-state index in [4.69, 9.17) is 11.6 Å². The van der Waals surface area contributed by atoms with Gasteiger partial charge in [0.25, 0.3) is 11.8 Å². The first-order valence-corrected chi connectivity index (χ1v) is 8.71. The Kier molecular flexibility index (Phi) is 5.57. The first kappa shape index (κ1) is 18.7. The summed E-state index contributed by atoms with van der Waals surface area (Å²) in [5.74, 6) is -0.454. The Hall–Kier alpha value is -3.12. The molecule has 0 bridgehead atoms. The molecule has 3 aromatic rings.